The number of carbonyl (C=O) groups excluding carboxylic acids is 2. The largest absolute Gasteiger partial charge is 0.457 e. The van der Waals surface area contributed by atoms with E-state index in [4.69, 9.17) is 10.5 Å². The fraction of sp³-hybridized carbons (Fsp3) is 0.385. The van der Waals surface area contributed by atoms with Crippen LogP contribution >= 0.6 is 0 Å². The molecule has 5 heteroatoms. The number of carbonyl (C=O) groups is 2. The van der Waals surface area contributed by atoms with Crippen molar-refractivity contribution in [1.29, 1.82) is 0 Å². The molecule has 0 bridgehead atoms. The van der Waals surface area contributed by atoms with Gasteiger partial charge in [-0.3, -0.25) is 4.79 Å². The first-order chi connectivity index (χ1) is 8.54. The van der Waals surface area contributed by atoms with Gasteiger partial charge in [-0.1, -0.05) is 6.07 Å². The van der Waals surface area contributed by atoms with E-state index in [-0.39, 0.29) is 17.9 Å². The average molecular weight is 248 g/mol. The molecule has 3 N–H and O–H groups in total. The summed E-state index contributed by atoms with van der Waals surface area (Å²) in [5.41, 5.74) is 9.07. The van der Waals surface area contributed by atoms with Gasteiger partial charge in [0.25, 0.3) is 0 Å². The van der Waals surface area contributed by atoms with Crippen molar-refractivity contribution in [3.05, 3.63) is 34.4 Å². The van der Waals surface area contributed by atoms with Crippen LogP contribution in [0.15, 0.2) is 12.1 Å². The fourth-order valence-electron chi connectivity index (χ4n) is 2.25. The van der Waals surface area contributed by atoms with E-state index in [0.29, 0.717) is 18.7 Å². The Morgan fingerprint density at radius 2 is 2.28 bits per heavy atom. The lowest BCUT2D eigenvalue weighted by atomic mass is 9.94. The molecule has 0 aliphatic carbocycles. The van der Waals surface area contributed by atoms with Gasteiger partial charge in [0.2, 0.25) is 5.91 Å². The molecule has 96 valence electrons. The van der Waals surface area contributed by atoms with Crippen LogP contribution in [0.1, 0.15) is 40.0 Å². The Morgan fingerprint density at radius 1 is 1.56 bits per heavy atom. The van der Waals surface area contributed by atoms with Gasteiger partial charge >= 0.3 is 5.97 Å². The second kappa shape index (κ2) is 4.78. The Bertz CT molecular complexity index is 511. The third-order valence-electron chi connectivity index (χ3n) is 3.20. The minimum atomic E-state index is -0.288. The summed E-state index contributed by atoms with van der Waals surface area (Å²) in [7, 11) is 0. The van der Waals surface area contributed by atoms with Gasteiger partial charge in [0, 0.05) is 19.0 Å². The molecule has 1 amide bonds. The van der Waals surface area contributed by atoms with E-state index in [0.717, 1.165) is 16.7 Å². The Kier molecular flexibility index (Phi) is 3.34. The van der Waals surface area contributed by atoms with Gasteiger partial charge in [0.15, 0.2) is 0 Å². The third-order valence-corrected chi connectivity index (χ3v) is 3.20. The summed E-state index contributed by atoms with van der Waals surface area (Å²) in [5.74, 6) is -0.416. The molecule has 1 atom stereocenters. The van der Waals surface area contributed by atoms with Crippen LogP contribution in [-0.2, 0) is 16.1 Å². The van der Waals surface area contributed by atoms with E-state index in [1.165, 1.54) is 6.92 Å². The van der Waals surface area contributed by atoms with Crippen molar-refractivity contribution in [1.82, 2.24) is 5.32 Å². The first-order valence-electron chi connectivity index (χ1n) is 5.81. The fourth-order valence-corrected chi connectivity index (χ4v) is 2.25. The van der Waals surface area contributed by atoms with Crippen LogP contribution in [-0.4, -0.2) is 18.4 Å². The highest BCUT2D eigenvalue weighted by molar-refractivity contribution is 5.94. The lowest BCUT2D eigenvalue weighted by molar-refractivity contribution is -0.119. The Morgan fingerprint density at radius 3 is 2.89 bits per heavy atom. The molecule has 18 heavy (non-hydrogen) atoms. The zero-order valence-corrected chi connectivity index (χ0v) is 10.4. The van der Waals surface area contributed by atoms with E-state index in [2.05, 4.69) is 5.32 Å². The number of nitrogens with one attached hydrogen (secondary N) is 1. The number of fused-ring (bicyclic) bond motifs is 1. The molecule has 1 heterocycles. The van der Waals surface area contributed by atoms with E-state index in [9.17, 15) is 9.59 Å². The first-order valence-corrected chi connectivity index (χ1v) is 5.81. The summed E-state index contributed by atoms with van der Waals surface area (Å²) in [6.07, 6.45) is 0. The molecule has 1 unspecified atom stereocenters. The summed E-state index contributed by atoms with van der Waals surface area (Å²) < 4.78 is 5.00. The molecule has 5 nitrogen and oxygen atoms in total. The monoisotopic (exact) mass is 248 g/mol. The quantitative estimate of drug-likeness (QED) is 0.775. The predicted molar refractivity (Wildman–Crippen MR) is 65.9 cm³/mol. The number of esters is 1. The van der Waals surface area contributed by atoms with E-state index >= 15 is 0 Å². The zero-order chi connectivity index (χ0) is 13.3. The van der Waals surface area contributed by atoms with Crippen molar-refractivity contribution >= 4 is 11.9 Å². The SMILES string of the molecule is CC(=O)NC(CN)c1ccc2c(c1C)COC2=O. The lowest BCUT2D eigenvalue weighted by Gasteiger charge is -2.19. The number of amides is 1. The van der Waals surface area contributed by atoms with Crippen LogP contribution in [0.4, 0.5) is 0 Å². The van der Waals surface area contributed by atoms with E-state index < -0.39 is 0 Å². The highest BCUT2D eigenvalue weighted by atomic mass is 16.5. The third kappa shape index (κ3) is 2.09. The van der Waals surface area contributed by atoms with Gasteiger partial charge in [0.1, 0.15) is 6.61 Å². The molecular weight excluding hydrogens is 232 g/mol. The van der Waals surface area contributed by atoms with Gasteiger partial charge in [-0.25, -0.2) is 4.79 Å². The summed E-state index contributed by atoms with van der Waals surface area (Å²) in [4.78, 5) is 22.6. The maximum Gasteiger partial charge on any atom is 0.338 e. The van der Waals surface area contributed by atoms with Crippen LogP contribution in [0.2, 0.25) is 0 Å². The molecule has 1 aromatic rings. The van der Waals surface area contributed by atoms with Crippen molar-refractivity contribution in [3.8, 4) is 0 Å². The van der Waals surface area contributed by atoms with Crippen LogP contribution < -0.4 is 11.1 Å². The van der Waals surface area contributed by atoms with Crippen molar-refractivity contribution in [2.24, 2.45) is 5.73 Å². The van der Waals surface area contributed by atoms with Crippen molar-refractivity contribution in [3.63, 3.8) is 0 Å². The molecular formula is C13H16N2O3. The molecule has 0 fully saturated rings. The van der Waals surface area contributed by atoms with Gasteiger partial charge in [-0.15, -0.1) is 0 Å². The molecule has 1 aliphatic rings. The van der Waals surface area contributed by atoms with Gasteiger partial charge < -0.3 is 15.8 Å². The highest BCUT2D eigenvalue weighted by Crippen LogP contribution is 2.28. The van der Waals surface area contributed by atoms with Gasteiger partial charge in [0.05, 0.1) is 11.6 Å². The van der Waals surface area contributed by atoms with Crippen LogP contribution in [0.5, 0.6) is 0 Å². The molecule has 2 rings (SSSR count). The summed E-state index contributed by atoms with van der Waals surface area (Å²) in [6, 6.07) is 3.33. The lowest BCUT2D eigenvalue weighted by Crippen LogP contribution is -2.32. The zero-order valence-electron chi connectivity index (χ0n) is 10.4. The Balaban J connectivity index is 2.40. The molecule has 0 spiro atoms. The van der Waals surface area contributed by atoms with Crippen molar-refractivity contribution in [2.45, 2.75) is 26.5 Å². The molecule has 0 saturated carbocycles. The maximum atomic E-state index is 11.4. The molecule has 0 radical (unpaired) electrons. The first kappa shape index (κ1) is 12.6. The van der Waals surface area contributed by atoms with Crippen LogP contribution in [0, 0.1) is 6.92 Å². The highest BCUT2D eigenvalue weighted by Gasteiger charge is 2.25. The van der Waals surface area contributed by atoms with E-state index in [1.54, 1.807) is 6.07 Å². The van der Waals surface area contributed by atoms with Crippen molar-refractivity contribution < 1.29 is 14.3 Å². The Labute approximate surface area is 105 Å². The number of benzene rings is 1. The van der Waals surface area contributed by atoms with E-state index in [1.807, 2.05) is 13.0 Å². The average Bonchev–Trinajstić information content (AvgIpc) is 2.70. The number of nitrogens with two attached hydrogens (primary N) is 1. The molecule has 0 saturated heterocycles. The number of ether oxygens (including phenoxy) is 1. The number of hydrogen-bond donors (Lipinski definition) is 2. The topological polar surface area (TPSA) is 81.4 Å². The van der Waals surface area contributed by atoms with Crippen LogP contribution in [0.3, 0.4) is 0 Å². The van der Waals surface area contributed by atoms with Crippen molar-refractivity contribution in [2.75, 3.05) is 6.54 Å². The standard InChI is InChI=1S/C13H16N2O3/c1-7-9(12(5-14)15-8(2)16)3-4-10-11(7)6-18-13(10)17/h3-4,12H,5-6,14H2,1-2H3,(H,15,16). The molecule has 0 aromatic heterocycles. The second-order valence-electron chi connectivity index (χ2n) is 4.37. The number of hydrogen-bond acceptors (Lipinski definition) is 4. The number of rotatable bonds is 3. The predicted octanol–water partition coefficient (Wildman–Crippen LogP) is 0.801. The molecule has 1 aliphatic heterocycles. The minimum Gasteiger partial charge on any atom is -0.457 e. The summed E-state index contributed by atoms with van der Waals surface area (Å²) in [6.45, 7) is 3.98. The molecule has 1 aromatic carbocycles. The van der Waals surface area contributed by atoms with Gasteiger partial charge in [-0.2, -0.15) is 0 Å². The van der Waals surface area contributed by atoms with Crippen LogP contribution in [0.25, 0.3) is 0 Å². The smallest absolute Gasteiger partial charge is 0.338 e. The maximum absolute atomic E-state index is 11.4. The minimum absolute atomic E-state index is 0.127. The number of cyclic esters (lactones) is 1. The summed E-state index contributed by atoms with van der Waals surface area (Å²) in [5, 5.41) is 2.80. The normalized spacial score (nSPS) is 14.9. The summed E-state index contributed by atoms with van der Waals surface area (Å²) >= 11 is 0. The second-order valence-corrected chi connectivity index (χ2v) is 4.37. The Hall–Kier alpha value is -1.88. The van der Waals surface area contributed by atoms with Gasteiger partial charge in [-0.05, 0) is 24.1 Å².